The number of methoxy groups -OCH3 is 1. The zero-order chi connectivity index (χ0) is 25.6. The van der Waals surface area contributed by atoms with E-state index in [1.165, 1.54) is 25.3 Å². The van der Waals surface area contributed by atoms with Crippen LogP contribution in [-0.4, -0.2) is 49.9 Å². The minimum atomic E-state index is -4.17. The summed E-state index contributed by atoms with van der Waals surface area (Å²) in [4.78, 5) is 38.9. The highest BCUT2D eigenvalue weighted by Gasteiger charge is 2.19. The molecule has 0 saturated heterocycles. The van der Waals surface area contributed by atoms with E-state index >= 15 is 0 Å². The summed E-state index contributed by atoms with van der Waals surface area (Å²) in [6, 6.07) is 12.8. The van der Waals surface area contributed by atoms with Gasteiger partial charge in [-0.15, -0.1) is 0 Å². The summed E-state index contributed by atoms with van der Waals surface area (Å²) in [5, 5.41) is 12.0. The van der Waals surface area contributed by atoms with E-state index in [4.69, 9.17) is 21.4 Å². The highest BCUT2D eigenvalue weighted by molar-refractivity contribution is 7.90. The van der Waals surface area contributed by atoms with Crippen LogP contribution in [0.25, 0.3) is 0 Å². The molecule has 0 aliphatic carbocycles. The number of hydrogen-bond donors (Lipinski definition) is 3. The maximum Gasteiger partial charge on any atom is 0.354 e. The number of carboxylic acid groups (broad SMARTS) is 1. The van der Waals surface area contributed by atoms with E-state index in [2.05, 4.69) is 10.3 Å². The molecule has 10 nitrogen and oxygen atoms in total. The number of pyridine rings is 1. The first kappa shape index (κ1) is 25.7. The molecule has 3 aromatic rings. The van der Waals surface area contributed by atoms with Crippen molar-refractivity contribution in [2.45, 2.75) is 11.3 Å². The van der Waals surface area contributed by atoms with Gasteiger partial charge in [0.15, 0.2) is 0 Å². The summed E-state index contributed by atoms with van der Waals surface area (Å²) in [6.45, 7) is 0.274. The summed E-state index contributed by atoms with van der Waals surface area (Å²) in [5.41, 5.74) is 0.664. The Hall–Kier alpha value is -3.96. The molecule has 0 atom stereocenters. The number of nitrogens with zero attached hydrogens (tertiary/aromatic N) is 1. The molecule has 0 aliphatic rings. The lowest BCUT2D eigenvalue weighted by Gasteiger charge is -2.10. The van der Waals surface area contributed by atoms with Gasteiger partial charge in [-0.2, -0.15) is 0 Å². The molecule has 0 aliphatic heterocycles. The zero-order valence-corrected chi connectivity index (χ0v) is 19.9. The molecular formula is C23H20ClN3O7S. The zero-order valence-electron chi connectivity index (χ0n) is 18.3. The Morgan fingerprint density at radius 3 is 2.34 bits per heavy atom. The van der Waals surface area contributed by atoms with Gasteiger partial charge in [0.2, 0.25) is 0 Å². The average molecular weight is 518 g/mol. The van der Waals surface area contributed by atoms with Gasteiger partial charge in [0.1, 0.15) is 11.4 Å². The van der Waals surface area contributed by atoms with Crippen molar-refractivity contribution in [2.75, 3.05) is 13.7 Å². The van der Waals surface area contributed by atoms with Crippen LogP contribution in [0.15, 0.2) is 65.7 Å². The minimum Gasteiger partial charge on any atom is -0.496 e. The number of rotatable bonds is 9. The van der Waals surface area contributed by atoms with Crippen LogP contribution in [0.4, 0.5) is 0 Å². The summed E-state index contributed by atoms with van der Waals surface area (Å²) in [7, 11) is -2.72. The SMILES string of the molecule is COc1ccc(Cl)cc1C(=O)NCCc1ccc(S(=O)(=O)NC(=O)c2ccc(C(=O)O)nc2)cc1. The summed E-state index contributed by atoms with van der Waals surface area (Å²) < 4.78 is 32.1. The Kier molecular flexibility index (Phi) is 8.05. The maximum absolute atomic E-state index is 12.5. The summed E-state index contributed by atoms with van der Waals surface area (Å²) in [6.07, 6.45) is 1.40. The van der Waals surface area contributed by atoms with Gasteiger partial charge in [-0.05, 0) is 54.4 Å². The van der Waals surface area contributed by atoms with Crippen molar-refractivity contribution in [3.05, 3.63) is 88.2 Å². The summed E-state index contributed by atoms with van der Waals surface area (Å²) >= 11 is 5.95. The van der Waals surface area contributed by atoms with Crippen molar-refractivity contribution < 1.29 is 32.6 Å². The van der Waals surface area contributed by atoms with Gasteiger partial charge < -0.3 is 15.2 Å². The summed E-state index contributed by atoms with van der Waals surface area (Å²) in [5.74, 6) is -2.19. The molecule has 2 aromatic carbocycles. The van der Waals surface area contributed by atoms with Gasteiger partial charge in [-0.3, -0.25) is 9.59 Å². The van der Waals surface area contributed by atoms with Crippen LogP contribution in [0, 0.1) is 0 Å². The molecule has 0 saturated carbocycles. The van der Waals surface area contributed by atoms with E-state index in [0.29, 0.717) is 22.8 Å². The molecule has 12 heteroatoms. The van der Waals surface area contributed by atoms with E-state index in [1.54, 1.807) is 24.3 Å². The molecule has 3 N–H and O–H groups in total. The number of carboxylic acids is 1. The van der Waals surface area contributed by atoms with Crippen LogP contribution in [0.5, 0.6) is 5.75 Å². The second-order valence-electron chi connectivity index (χ2n) is 7.17. The van der Waals surface area contributed by atoms with E-state index in [0.717, 1.165) is 23.9 Å². The Balaban J connectivity index is 1.58. The van der Waals surface area contributed by atoms with Gasteiger partial charge >= 0.3 is 5.97 Å². The number of halogens is 1. The molecule has 0 unspecified atom stereocenters. The predicted octanol–water partition coefficient (Wildman–Crippen LogP) is 2.53. The molecule has 0 fully saturated rings. The molecule has 0 bridgehead atoms. The van der Waals surface area contributed by atoms with Gasteiger partial charge in [-0.1, -0.05) is 23.7 Å². The predicted molar refractivity (Wildman–Crippen MR) is 126 cm³/mol. The second kappa shape index (κ2) is 11.0. The normalized spacial score (nSPS) is 10.9. The maximum atomic E-state index is 12.5. The number of nitrogens with one attached hydrogen (secondary N) is 2. The molecule has 1 heterocycles. The van der Waals surface area contributed by atoms with Crippen LogP contribution in [-0.2, 0) is 16.4 Å². The number of carbonyl (C=O) groups is 3. The Morgan fingerprint density at radius 1 is 1.03 bits per heavy atom. The first-order valence-corrected chi connectivity index (χ1v) is 11.9. The second-order valence-corrected chi connectivity index (χ2v) is 9.29. The molecule has 0 radical (unpaired) electrons. The van der Waals surface area contributed by atoms with E-state index in [-0.39, 0.29) is 28.6 Å². The number of aromatic nitrogens is 1. The van der Waals surface area contributed by atoms with E-state index in [1.807, 2.05) is 4.72 Å². The molecule has 0 spiro atoms. The van der Waals surface area contributed by atoms with Crippen LogP contribution in [0.3, 0.4) is 0 Å². The van der Waals surface area contributed by atoms with Crippen LogP contribution >= 0.6 is 11.6 Å². The van der Waals surface area contributed by atoms with Crippen LogP contribution in [0.1, 0.15) is 36.8 Å². The lowest BCUT2D eigenvalue weighted by atomic mass is 10.1. The molecular weight excluding hydrogens is 498 g/mol. The fourth-order valence-corrected chi connectivity index (χ4v) is 4.15. The van der Waals surface area contributed by atoms with Crippen molar-refractivity contribution in [1.29, 1.82) is 0 Å². The number of sulfonamides is 1. The van der Waals surface area contributed by atoms with Crippen molar-refractivity contribution in [1.82, 2.24) is 15.0 Å². The number of ether oxygens (including phenoxy) is 1. The van der Waals surface area contributed by atoms with E-state index in [9.17, 15) is 22.8 Å². The standard InChI is InChI=1S/C23H20ClN3O7S/c1-34-20-9-5-16(24)12-18(20)22(29)25-11-10-14-2-6-17(7-3-14)35(32,33)27-21(28)15-4-8-19(23(30)31)26-13-15/h2-9,12-13H,10-11H2,1H3,(H,25,29)(H,27,28)(H,30,31). The van der Waals surface area contributed by atoms with Crippen molar-refractivity contribution >= 4 is 39.4 Å². The quantitative estimate of drug-likeness (QED) is 0.391. The number of amides is 2. The van der Waals surface area contributed by atoms with Crippen LogP contribution in [0.2, 0.25) is 5.02 Å². The first-order valence-electron chi connectivity index (χ1n) is 10.1. The van der Waals surface area contributed by atoms with E-state index < -0.39 is 21.9 Å². The highest BCUT2D eigenvalue weighted by atomic mass is 35.5. The van der Waals surface area contributed by atoms with Gasteiger partial charge in [0.25, 0.3) is 21.8 Å². The fraction of sp³-hybridized carbons (Fsp3) is 0.130. The number of aromatic carboxylic acids is 1. The third-order valence-electron chi connectivity index (χ3n) is 4.81. The molecule has 35 heavy (non-hydrogen) atoms. The first-order chi connectivity index (χ1) is 16.6. The minimum absolute atomic E-state index is 0.109. The third kappa shape index (κ3) is 6.55. The number of carbonyl (C=O) groups excluding carboxylic acids is 2. The Labute approximate surface area is 206 Å². The largest absolute Gasteiger partial charge is 0.496 e. The van der Waals surface area contributed by atoms with Gasteiger partial charge in [0, 0.05) is 17.8 Å². The molecule has 2 amide bonds. The highest BCUT2D eigenvalue weighted by Crippen LogP contribution is 2.22. The third-order valence-corrected chi connectivity index (χ3v) is 6.39. The topological polar surface area (TPSA) is 152 Å². The van der Waals surface area contributed by atoms with Crippen molar-refractivity contribution in [3.63, 3.8) is 0 Å². The average Bonchev–Trinajstić information content (AvgIpc) is 2.84. The molecule has 3 rings (SSSR count). The van der Waals surface area contributed by atoms with Gasteiger partial charge in [-0.25, -0.2) is 22.9 Å². The fourth-order valence-electron chi connectivity index (χ4n) is 3.00. The lowest BCUT2D eigenvalue weighted by Crippen LogP contribution is -2.30. The molecule has 182 valence electrons. The monoisotopic (exact) mass is 517 g/mol. The lowest BCUT2D eigenvalue weighted by molar-refractivity contribution is 0.0689. The Morgan fingerprint density at radius 2 is 1.74 bits per heavy atom. The molecule has 1 aromatic heterocycles. The number of benzene rings is 2. The van der Waals surface area contributed by atoms with Crippen molar-refractivity contribution in [3.8, 4) is 5.75 Å². The van der Waals surface area contributed by atoms with Crippen molar-refractivity contribution in [2.24, 2.45) is 0 Å². The Bertz CT molecular complexity index is 1360. The van der Waals surface area contributed by atoms with Crippen LogP contribution < -0.4 is 14.8 Å². The number of hydrogen-bond acceptors (Lipinski definition) is 7. The van der Waals surface area contributed by atoms with Gasteiger partial charge in [0.05, 0.1) is 23.1 Å². The smallest absolute Gasteiger partial charge is 0.354 e.